The van der Waals surface area contributed by atoms with Crippen molar-refractivity contribution in [1.82, 2.24) is 0 Å². The maximum absolute atomic E-state index is 12.3. The molecule has 0 saturated heterocycles. The number of carboxylic acids is 1. The van der Waals surface area contributed by atoms with Crippen molar-refractivity contribution in [2.75, 3.05) is 11.6 Å². The summed E-state index contributed by atoms with van der Waals surface area (Å²) in [5.74, 6) is -1.71. The first-order valence-corrected chi connectivity index (χ1v) is 8.96. The number of carbonyl (C=O) groups excluding carboxylic acids is 1. The lowest BCUT2D eigenvalue weighted by atomic mass is 10.0. The molecule has 0 aliphatic heterocycles. The molecule has 24 heavy (non-hydrogen) atoms. The third-order valence-electron chi connectivity index (χ3n) is 3.36. The van der Waals surface area contributed by atoms with E-state index in [-0.39, 0.29) is 27.8 Å². The van der Waals surface area contributed by atoms with Crippen LogP contribution in [0.1, 0.15) is 46.2 Å². The van der Waals surface area contributed by atoms with Crippen molar-refractivity contribution in [3.8, 4) is 0 Å². The van der Waals surface area contributed by atoms with Crippen molar-refractivity contribution in [2.24, 2.45) is 0 Å². The number of hydrogen-bond donors (Lipinski definition) is 2. The molecular formula is C16H17NO6S. The Kier molecular flexibility index (Phi) is 4.79. The molecule has 1 aromatic heterocycles. The highest BCUT2D eigenvalue weighted by molar-refractivity contribution is 7.90. The smallest absolute Gasteiger partial charge is 0.335 e. The number of rotatable bonds is 5. The number of carboxylic acid groups (broad SMARTS) is 1. The summed E-state index contributed by atoms with van der Waals surface area (Å²) in [6.45, 7) is 3.79. The van der Waals surface area contributed by atoms with Crippen molar-refractivity contribution in [3.63, 3.8) is 0 Å². The van der Waals surface area contributed by atoms with Gasteiger partial charge < -0.3 is 14.8 Å². The van der Waals surface area contributed by atoms with E-state index in [9.17, 15) is 18.0 Å². The second-order valence-corrected chi connectivity index (χ2v) is 7.65. The van der Waals surface area contributed by atoms with Crippen LogP contribution < -0.4 is 5.32 Å². The Morgan fingerprint density at radius 3 is 2.42 bits per heavy atom. The highest BCUT2D eigenvalue weighted by Crippen LogP contribution is 2.23. The molecule has 0 spiro atoms. The van der Waals surface area contributed by atoms with Gasteiger partial charge in [-0.1, -0.05) is 13.8 Å². The van der Waals surface area contributed by atoms with Gasteiger partial charge in [0.2, 0.25) is 0 Å². The fraction of sp³-hybridized carbons (Fsp3) is 0.250. The third kappa shape index (κ3) is 3.83. The lowest BCUT2D eigenvalue weighted by molar-refractivity contribution is 0.0696. The van der Waals surface area contributed by atoms with Crippen molar-refractivity contribution >= 4 is 27.4 Å². The Balaban J connectivity index is 2.42. The van der Waals surface area contributed by atoms with Crippen LogP contribution in [0.4, 0.5) is 5.69 Å². The van der Waals surface area contributed by atoms with Gasteiger partial charge in [0.1, 0.15) is 0 Å². The van der Waals surface area contributed by atoms with Crippen LogP contribution in [0.15, 0.2) is 39.8 Å². The molecule has 0 radical (unpaired) electrons. The number of carbonyl (C=O) groups is 2. The zero-order chi connectivity index (χ0) is 18.1. The predicted molar refractivity (Wildman–Crippen MR) is 87.3 cm³/mol. The first-order valence-electron chi connectivity index (χ1n) is 7.06. The second kappa shape index (κ2) is 6.48. The van der Waals surface area contributed by atoms with Crippen molar-refractivity contribution in [3.05, 3.63) is 47.4 Å². The highest BCUT2D eigenvalue weighted by Gasteiger charge is 2.20. The summed E-state index contributed by atoms with van der Waals surface area (Å²) in [6.07, 6.45) is 2.35. The summed E-state index contributed by atoms with van der Waals surface area (Å²) >= 11 is 0. The van der Waals surface area contributed by atoms with Crippen LogP contribution >= 0.6 is 0 Å². The molecule has 0 fully saturated rings. The number of furan rings is 1. The molecule has 0 aliphatic rings. The van der Waals surface area contributed by atoms with E-state index in [0.29, 0.717) is 5.56 Å². The summed E-state index contributed by atoms with van der Waals surface area (Å²) in [5, 5.41) is 11.6. The maximum Gasteiger partial charge on any atom is 0.335 e. The first kappa shape index (κ1) is 17.7. The summed E-state index contributed by atoms with van der Waals surface area (Å²) in [5.41, 5.74) is 0.522. The van der Waals surface area contributed by atoms with Crippen LogP contribution in [-0.4, -0.2) is 31.7 Å². The normalized spacial score (nSPS) is 11.5. The van der Waals surface area contributed by atoms with Gasteiger partial charge in [-0.2, -0.15) is 0 Å². The number of sulfone groups is 1. The van der Waals surface area contributed by atoms with Gasteiger partial charge in [0, 0.05) is 17.5 Å². The second-order valence-electron chi connectivity index (χ2n) is 5.64. The van der Waals surface area contributed by atoms with Gasteiger partial charge in [0.05, 0.1) is 16.7 Å². The maximum atomic E-state index is 12.3. The van der Waals surface area contributed by atoms with Gasteiger partial charge in [-0.3, -0.25) is 4.79 Å². The van der Waals surface area contributed by atoms with Gasteiger partial charge in [0.25, 0.3) is 5.91 Å². The Hall–Kier alpha value is -2.61. The van der Waals surface area contributed by atoms with Crippen LogP contribution in [0.5, 0.6) is 0 Å². The number of aromatic carboxylic acids is 1. The fourth-order valence-electron chi connectivity index (χ4n) is 2.15. The molecule has 2 N–H and O–H groups in total. The molecule has 2 rings (SSSR count). The van der Waals surface area contributed by atoms with Crippen LogP contribution in [0.3, 0.4) is 0 Å². The molecule has 2 aromatic rings. The lowest BCUT2D eigenvalue weighted by Gasteiger charge is -2.09. The van der Waals surface area contributed by atoms with E-state index in [1.54, 1.807) is 6.07 Å². The van der Waals surface area contributed by atoms with Crippen LogP contribution in [0.25, 0.3) is 0 Å². The van der Waals surface area contributed by atoms with E-state index in [1.165, 1.54) is 18.4 Å². The molecule has 0 saturated carbocycles. The van der Waals surface area contributed by atoms with Crippen LogP contribution in [-0.2, 0) is 9.84 Å². The monoisotopic (exact) mass is 351 g/mol. The molecule has 1 amide bonds. The zero-order valence-corrected chi connectivity index (χ0v) is 14.2. The van der Waals surface area contributed by atoms with E-state index in [0.717, 1.165) is 12.3 Å². The van der Waals surface area contributed by atoms with Gasteiger partial charge in [-0.05, 0) is 30.2 Å². The molecule has 0 unspecified atom stereocenters. The molecule has 1 heterocycles. The Morgan fingerprint density at radius 2 is 1.88 bits per heavy atom. The van der Waals surface area contributed by atoms with Crippen LogP contribution in [0.2, 0.25) is 0 Å². The molecule has 0 atom stereocenters. The molecule has 8 heteroatoms. The van der Waals surface area contributed by atoms with Crippen molar-refractivity contribution < 1.29 is 27.5 Å². The highest BCUT2D eigenvalue weighted by atomic mass is 32.2. The SMILES string of the molecule is CC(C)c1ccoc1C(=O)Nc1cc(C(=O)O)cc(S(C)(=O)=O)c1. The molecule has 7 nitrogen and oxygen atoms in total. The Morgan fingerprint density at radius 1 is 1.21 bits per heavy atom. The van der Waals surface area contributed by atoms with E-state index in [2.05, 4.69) is 5.32 Å². The van der Waals surface area contributed by atoms with E-state index in [4.69, 9.17) is 9.52 Å². The van der Waals surface area contributed by atoms with E-state index < -0.39 is 21.7 Å². The van der Waals surface area contributed by atoms with Gasteiger partial charge >= 0.3 is 5.97 Å². The topological polar surface area (TPSA) is 114 Å². The van der Waals surface area contributed by atoms with Gasteiger partial charge in [-0.15, -0.1) is 0 Å². The largest absolute Gasteiger partial charge is 0.478 e. The summed E-state index contributed by atoms with van der Waals surface area (Å²) in [6, 6.07) is 5.11. The fourth-order valence-corrected chi connectivity index (χ4v) is 2.84. The number of amides is 1. The predicted octanol–water partition coefficient (Wildman–Crippen LogP) is 2.76. The number of benzene rings is 1. The average molecular weight is 351 g/mol. The molecular weight excluding hydrogens is 334 g/mol. The molecule has 128 valence electrons. The number of nitrogens with one attached hydrogen (secondary N) is 1. The summed E-state index contributed by atoms with van der Waals surface area (Å²) in [4.78, 5) is 23.3. The third-order valence-corrected chi connectivity index (χ3v) is 4.46. The number of anilines is 1. The lowest BCUT2D eigenvalue weighted by Crippen LogP contribution is -2.14. The minimum absolute atomic E-state index is 0.0569. The molecule has 0 bridgehead atoms. The van der Waals surface area contributed by atoms with Gasteiger partial charge in [0.15, 0.2) is 15.6 Å². The van der Waals surface area contributed by atoms with Crippen molar-refractivity contribution in [1.29, 1.82) is 0 Å². The standard InChI is InChI=1S/C16H17NO6S/c1-9(2)13-4-5-23-14(13)15(18)17-11-6-10(16(19)20)7-12(8-11)24(3,21)22/h4-9H,1-3H3,(H,17,18)(H,19,20). The van der Waals surface area contributed by atoms with E-state index in [1.807, 2.05) is 13.8 Å². The molecule has 1 aromatic carbocycles. The van der Waals surface area contributed by atoms with E-state index >= 15 is 0 Å². The quantitative estimate of drug-likeness (QED) is 0.856. The Labute approximate surface area is 139 Å². The first-order chi connectivity index (χ1) is 11.1. The zero-order valence-electron chi connectivity index (χ0n) is 13.4. The Bertz CT molecular complexity index is 895. The number of hydrogen-bond acceptors (Lipinski definition) is 5. The van der Waals surface area contributed by atoms with Crippen LogP contribution in [0, 0.1) is 0 Å². The average Bonchev–Trinajstić information content (AvgIpc) is 2.95. The van der Waals surface area contributed by atoms with Crippen molar-refractivity contribution in [2.45, 2.75) is 24.7 Å². The minimum atomic E-state index is -3.63. The minimum Gasteiger partial charge on any atom is -0.478 e. The molecule has 0 aliphatic carbocycles. The summed E-state index contributed by atoms with van der Waals surface area (Å²) < 4.78 is 28.6. The summed E-state index contributed by atoms with van der Waals surface area (Å²) in [7, 11) is -3.63. The van der Waals surface area contributed by atoms with Gasteiger partial charge in [-0.25, -0.2) is 13.2 Å².